The quantitative estimate of drug-likeness (QED) is 0.521. The first-order chi connectivity index (χ1) is 15.6. The van der Waals surface area contributed by atoms with Gasteiger partial charge in [-0.15, -0.1) is 0 Å². The fourth-order valence-electron chi connectivity index (χ4n) is 4.76. The van der Waals surface area contributed by atoms with E-state index in [1.165, 1.54) is 6.33 Å². The molecule has 4 aromatic heterocycles. The molecule has 3 fully saturated rings. The highest BCUT2D eigenvalue weighted by molar-refractivity contribution is 6.00. The molecule has 0 saturated heterocycles. The Bertz CT molecular complexity index is 1350. The normalized spacial score (nSPS) is 21.0. The molecule has 2 bridgehead atoms. The predicted molar refractivity (Wildman–Crippen MR) is 118 cm³/mol. The van der Waals surface area contributed by atoms with E-state index in [0.29, 0.717) is 39.9 Å². The summed E-state index contributed by atoms with van der Waals surface area (Å²) >= 11 is 0. The van der Waals surface area contributed by atoms with Crippen LogP contribution in [0.3, 0.4) is 0 Å². The molecule has 9 nitrogen and oxygen atoms in total. The van der Waals surface area contributed by atoms with Gasteiger partial charge in [-0.1, -0.05) is 6.07 Å². The molecule has 160 valence electrons. The monoisotopic (exact) mass is 427 g/mol. The lowest BCUT2D eigenvalue weighted by Gasteiger charge is -2.59. The standard InChI is InChI=1S/C23H21N7O2/c1-30-11-14(18(29-30)15-5-3-4-6-24-15)19-20-16(25-12-26-19)7-17(32-2)21(27-20)28-22(31)23-8-13(9-23)10-23/h3-7,11-13H,8-10H2,1-2H3,(H,27,28,31). The number of hydrogen-bond donors (Lipinski definition) is 1. The second-order valence-electron chi connectivity index (χ2n) is 8.62. The van der Waals surface area contributed by atoms with Crippen LogP contribution in [0.25, 0.3) is 33.7 Å². The fourth-order valence-corrected chi connectivity index (χ4v) is 4.76. The Morgan fingerprint density at radius 1 is 1.19 bits per heavy atom. The summed E-state index contributed by atoms with van der Waals surface area (Å²) in [6.45, 7) is 0. The van der Waals surface area contributed by atoms with Gasteiger partial charge in [0.25, 0.3) is 0 Å². The summed E-state index contributed by atoms with van der Waals surface area (Å²) in [7, 11) is 3.41. The highest BCUT2D eigenvalue weighted by atomic mass is 16.5. The molecule has 3 aliphatic rings. The molecule has 32 heavy (non-hydrogen) atoms. The smallest absolute Gasteiger partial charge is 0.231 e. The number of aryl methyl sites for hydroxylation is 1. The Balaban J connectivity index is 1.48. The highest BCUT2D eigenvalue weighted by Gasteiger charge is 2.61. The SMILES string of the molecule is COc1cc2ncnc(-c3cn(C)nc3-c3ccccn3)c2nc1NC(=O)C12CC(C1)C2. The first-order valence-electron chi connectivity index (χ1n) is 10.5. The van der Waals surface area contributed by atoms with Crippen LogP contribution in [0.15, 0.2) is 43.0 Å². The minimum Gasteiger partial charge on any atom is -0.493 e. The zero-order valence-corrected chi connectivity index (χ0v) is 17.7. The average molecular weight is 427 g/mol. The largest absolute Gasteiger partial charge is 0.493 e. The van der Waals surface area contributed by atoms with E-state index in [1.807, 2.05) is 31.4 Å². The molecule has 3 saturated carbocycles. The van der Waals surface area contributed by atoms with Crippen molar-refractivity contribution in [1.82, 2.24) is 29.7 Å². The summed E-state index contributed by atoms with van der Waals surface area (Å²) in [5.41, 5.74) is 3.79. The van der Waals surface area contributed by atoms with Crippen molar-refractivity contribution >= 4 is 22.8 Å². The number of ether oxygens (including phenoxy) is 1. The zero-order chi connectivity index (χ0) is 21.9. The summed E-state index contributed by atoms with van der Waals surface area (Å²) in [6, 6.07) is 7.46. The van der Waals surface area contributed by atoms with E-state index in [1.54, 1.807) is 24.1 Å². The third kappa shape index (κ3) is 2.77. The van der Waals surface area contributed by atoms with Crippen LogP contribution in [-0.4, -0.2) is 42.7 Å². The second kappa shape index (κ2) is 6.81. The maximum Gasteiger partial charge on any atom is 0.231 e. The van der Waals surface area contributed by atoms with Gasteiger partial charge in [-0.25, -0.2) is 15.0 Å². The van der Waals surface area contributed by atoms with Gasteiger partial charge in [0.1, 0.15) is 23.2 Å². The minimum atomic E-state index is -0.224. The van der Waals surface area contributed by atoms with Gasteiger partial charge in [0, 0.05) is 25.5 Å². The lowest BCUT2D eigenvalue weighted by molar-refractivity contribution is -0.158. The Kier molecular flexibility index (Phi) is 4.01. The second-order valence-corrected chi connectivity index (χ2v) is 8.62. The highest BCUT2D eigenvalue weighted by Crippen LogP contribution is 2.64. The number of rotatable bonds is 5. The third-order valence-corrected chi connectivity index (χ3v) is 6.54. The van der Waals surface area contributed by atoms with Gasteiger partial charge < -0.3 is 10.1 Å². The number of pyridine rings is 2. The summed E-state index contributed by atoms with van der Waals surface area (Å²) in [4.78, 5) is 31.0. The van der Waals surface area contributed by atoms with Crippen molar-refractivity contribution in [2.75, 3.05) is 12.4 Å². The average Bonchev–Trinajstić information content (AvgIpc) is 3.12. The van der Waals surface area contributed by atoms with E-state index in [4.69, 9.17) is 9.72 Å². The Morgan fingerprint density at radius 2 is 2.03 bits per heavy atom. The molecule has 0 radical (unpaired) electrons. The Hall–Kier alpha value is -3.88. The number of anilines is 1. The number of amides is 1. The van der Waals surface area contributed by atoms with Crippen molar-refractivity contribution in [2.24, 2.45) is 18.4 Å². The van der Waals surface area contributed by atoms with Crippen LogP contribution in [0, 0.1) is 11.3 Å². The number of methoxy groups -OCH3 is 1. The van der Waals surface area contributed by atoms with Gasteiger partial charge >= 0.3 is 0 Å². The van der Waals surface area contributed by atoms with Gasteiger partial charge in [-0.3, -0.25) is 14.5 Å². The van der Waals surface area contributed by atoms with Crippen LogP contribution in [0.4, 0.5) is 5.82 Å². The summed E-state index contributed by atoms with van der Waals surface area (Å²) in [5.74, 6) is 1.58. The van der Waals surface area contributed by atoms with E-state index < -0.39 is 0 Å². The number of nitrogens with zero attached hydrogens (tertiary/aromatic N) is 6. The van der Waals surface area contributed by atoms with Crippen molar-refractivity contribution in [1.29, 1.82) is 0 Å². The molecule has 4 aromatic rings. The maximum absolute atomic E-state index is 12.9. The molecule has 0 spiro atoms. The van der Waals surface area contributed by atoms with Crippen molar-refractivity contribution in [3.8, 4) is 28.4 Å². The van der Waals surface area contributed by atoms with Crippen molar-refractivity contribution in [3.05, 3.63) is 43.0 Å². The molecule has 1 N–H and O–H groups in total. The molecule has 9 heteroatoms. The van der Waals surface area contributed by atoms with E-state index in [-0.39, 0.29) is 11.3 Å². The van der Waals surface area contributed by atoms with E-state index in [0.717, 1.165) is 30.5 Å². The number of nitrogens with one attached hydrogen (secondary N) is 1. The molecule has 0 atom stereocenters. The Morgan fingerprint density at radius 3 is 2.72 bits per heavy atom. The third-order valence-electron chi connectivity index (χ3n) is 6.54. The molecular weight excluding hydrogens is 406 g/mol. The summed E-state index contributed by atoms with van der Waals surface area (Å²) in [5, 5.41) is 7.60. The molecule has 0 aliphatic heterocycles. The van der Waals surface area contributed by atoms with Crippen LogP contribution in [0.2, 0.25) is 0 Å². The lowest BCUT2D eigenvalue weighted by Crippen LogP contribution is -2.58. The lowest BCUT2D eigenvalue weighted by atomic mass is 9.44. The minimum absolute atomic E-state index is 0.0131. The van der Waals surface area contributed by atoms with Crippen LogP contribution in [0.5, 0.6) is 5.75 Å². The number of aromatic nitrogens is 6. The van der Waals surface area contributed by atoms with Gasteiger partial charge in [-0.2, -0.15) is 5.10 Å². The van der Waals surface area contributed by atoms with Crippen LogP contribution in [0.1, 0.15) is 19.3 Å². The van der Waals surface area contributed by atoms with Crippen molar-refractivity contribution in [2.45, 2.75) is 19.3 Å². The molecule has 7 rings (SSSR count). The van der Waals surface area contributed by atoms with E-state index in [2.05, 4.69) is 25.4 Å². The summed E-state index contributed by atoms with van der Waals surface area (Å²) in [6.07, 6.45) is 8.00. The molecule has 0 unspecified atom stereocenters. The number of fused-ring (bicyclic) bond motifs is 1. The van der Waals surface area contributed by atoms with Crippen molar-refractivity contribution < 1.29 is 9.53 Å². The van der Waals surface area contributed by atoms with Gasteiger partial charge in [0.2, 0.25) is 5.91 Å². The number of carbonyl (C=O) groups is 1. The zero-order valence-electron chi connectivity index (χ0n) is 17.7. The van der Waals surface area contributed by atoms with E-state index >= 15 is 0 Å². The fraction of sp³-hybridized carbons (Fsp3) is 0.304. The van der Waals surface area contributed by atoms with Crippen molar-refractivity contribution in [3.63, 3.8) is 0 Å². The molecule has 0 aromatic carbocycles. The van der Waals surface area contributed by atoms with Gasteiger partial charge in [0.05, 0.1) is 29.3 Å². The van der Waals surface area contributed by atoms with E-state index in [9.17, 15) is 4.79 Å². The first-order valence-corrected chi connectivity index (χ1v) is 10.5. The van der Waals surface area contributed by atoms with Crippen LogP contribution in [-0.2, 0) is 11.8 Å². The van der Waals surface area contributed by atoms with Gasteiger partial charge in [-0.05, 0) is 37.3 Å². The van der Waals surface area contributed by atoms with Crippen LogP contribution >= 0.6 is 0 Å². The first kappa shape index (κ1) is 18.9. The molecule has 3 aliphatic carbocycles. The van der Waals surface area contributed by atoms with Gasteiger partial charge in [0.15, 0.2) is 11.6 Å². The number of hydrogen-bond acceptors (Lipinski definition) is 7. The predicted octanol–water partition coefficient (Wildman–Crippen LogP) is 3.23. The molecule has 1 amide bonds. The number of carbonyl (C=O) groups excluding carboxylic acids is 1. The molecule has 4 heterocycles. The topological polar surface area (TPSA) is 108 Å². The summed E-state index contributed by atoms with van der Waals surface area (Å²) < 4.78 is 7.23. The molecular formula is C23H21N7O2. The maximum atomic E-state index is 12.9. The van der Waals surface area contributed by atoms with Crippen LogP contribution < -0.4 is 10.1 Å². The Labute approximate surface area is 183 Å².